The monoisotopic (exact) mass is 876 g/mol. The molecule has 0 heterocycles. The molecule has 0 spiro atoms. The van der Waals surface area contributed by atoms with Gasteiger partial charge in [-0.25, -0.2) is 4.79 Å². The van der Waals surface area contributed by atoms with Gasteiger partial charge in [-0.15, -0.1) is 0 Å². The van der Waals surface area contributed by atoms with Gasteiger partial charge in [-0.3, -0.25) is 43.2 Å². The zero-order valence-corrected chi connectivity index (χ0v) is 36.2. The van der Waals surface area contributed by atoms with E-state index in [-0.39, 0.29) is 31.2 Å². The van der Waals surface area contributed by atoms with Crippen LogP contribution in [0.2, 0.25) is 0 Å². The molecule has 0 unspecified atom stereocenters. The quantitative estimate of drug-likeness (QED) is 0.0350. The van der Waals surface area contributed by atoms with Crippen molar-refractivity contribution in [3.05, 3.63) is 0 Å². The normalized spacial score (nSPS) is 15.5. The summed E-state index contributed by atoms with van der Waals surface area (Å²) >= 11 is 1.36. The number of thioether (sulfide) groups is 1. The fourth-order valence-corrected chi connectivity index (χ4v) is 5.60. The molecular weight excluding hydrogens is 813 g/mol. The van der Waals surface area contributed by atoms with E-state index < -0.39 is 127 Å². The highest BCUT2D eigenvalue weighted by Gasteiger charge is 2.33. The Hall–Kier alpha value is -5.07. The van der Waals surface area contributed by atoms with Crippen LogP contribution in [0.5, 0.6) is 0 Å². The summed E-state index contributed by atoms with van der Waals surface area (Å²) in [6, 6.07) is -9.07. The molecule has 0 bridgehead atoms. The van der Waals surface area contributed by atoms with E-state index >= 15 is 0 Å². The first-order chi connectivity index (χ1) is 28.0. The van der Waals surface area contributed by atoms with E-state index in [1.165, 1.54) is 32.5 Å². The predicted molar refractivity (Wildman–Crippen MR) is 218 cm³/mol. The number of rotatable bonds is 28. The van der Waals surface area contributed by atoms with E-state index in [0.29, 0.717) is 12.2 Å². The number of amides is 9. The first kappa shape index (κ1) is 54.9. The van der Waals surface area contributed by atoms with E-state index in [9.17, 15) is 63.3 Å². The van der Waals surface area contributed by atoms with Crippen molar-refractivity contribution >= 4 is 70.9 Å². The van der Waals surface area contributed by atoms with Crippen LogP contribution in [0, 0.1) is 11.8 Å². The van der Waals surface area contributed by atoms with Crippen molar-refractivity contribution in [1.82, 2.24) is 47.9 Å². The molecule has 9 atom stereocenters. The van der Waals surface area contributed by atoms with Crippen LogP contribution in [0.1, 0.15) is 67.7 Å². The second kappa shape index (κ2) is 28.4. The molecular formula is C36H64N10O13S. The van der Waals surface area contributed by atoms with E-state index in [1.807, 2.05) is 13.8 Å². The van der Waals surface area contributed by atoms with Crippen molar-refractivity contribution in [2.45, 2.75) is 116 Å². The smallest absolute Gasteiger partial charge is 0.326 e. The number of nitrogens with one attached hydrogen (secondary N) is 9. The largest absolute Gasteiger partial charge is 0.480 e. The van der Waals surface area contributed by atoms with Crippen molar-refractivity contribution in [3.8, 4) is 0 Å². The molecule has 0 aromatic rings. The Balaban J connectivity index is 5.19. The molecule has 14 N–H and O–H groups in total. The molecule has 0 fully saturated rings. The number of carboxylic acid groups (broad SMARTS) is 1. The number of aliphatic hydroxyl groups excluding tert-OH is 2. The van der Waals surface area contributed by atoms with Gasteiger partial charge in [0, 0.05) is 0 Å². The third-order valence-corrected chi connectivity index (χ3v) is 9.47. The van der Waals surface area contributed by atoms with Crippen molar-refractivity contribution < 1.29 is 63.3 Å². The maximum absolute atomic E-state index is 13.1. The molecule has 0 radical (unpaired) electrons. The van der Waals surface area contributed by atoms with Gasteiger partial charge in [-0.1, -0.05) is 34.1 Å². The number of carbonyl (C=O) groups excluding carboxylic acids is 9. The highest BCUT2D eigenvalue weighted by atomic mass is 32.2. The average Bonchev–Trinajstić information content (AvgIpc) is 3.18. The summed E-state index contributed by atoms with van der Waals surface area (Å²) in [7, 11) is 0. The molecule has 23 nitrogen and oxygen atoms in total. The number of nitrogens with two attached hydrogens (primary N) is 1. The molecule has 0 rings (SSSR count). The van der Waals surface area contributed by atoms with Crippen LogP contribution in [0.3, 0.4) is 0 Å². The molecule has 60 heavy (non-hydrogen) atoms. The molecule has 0 aliphatic carbocycles. The highest BCUT2D eigenvalue weighted by molar-refractivity contribution is 7.98. The summed E-state index contributed by atoms with van der Waals surface area (Å²) in [4.78, 5) is 126. The first-order valence-electron chi connectivity index (χ1n) is 19.4. The van der Waals surface area contributed by atoms with Crippen LogP contribution >= 0.6 is 11.8 Å². The molecule has 0 aromatic carbocycles. The maximum atomic E-state index is 13.1. The predicted octanol–water partition coefficient (Wildman–Crippen LogP) is -5.09. The van der Waals surface area contributed by atoms with E-state index in [4.69, 9.17) is 5.73 Å². The van der Waals surface area contributed by atoms with Crippen LogP contribution in [0.25, 0.3) is 0 Å². The Labute approximate surface area is 353 Å². The van der Waals surface area contributed by atoms with Gasteiger partial charge in [0.2, 0.25) is 53.2 Å². The lowest BCUT2D eigenvalue weighted by molar-refractivity contribution is -0.143. The summed E-state index contributed by atoms with van der Waals surface area (Å²) in [5.41, 5.74) is 5.37. The fraction of sp³-hybridized carbons (Fsp3) is 0.722. The molecule has 0 aliphatic rings. The first-order valence-corrected chi connectivity index (χ1v) is 20.8. The Morgan fingerprint density at radius 2 is 1.10 bits per heavy atom. The van der Waals surface area contributed by atoms with E-state index in [1.54, 1.807) is 20.1 Å². The number of aliphatic hydroxyl groups is 2. The third-order valence-electron chi connectivity index (χ3n) is 8.83. The van der Waals surface area contributed by atoms with Gasteiger partial charge in [-0.2, -0.15) is 11.8 Å². The number of hydrogen-bond donors (Lipinski definition) is 13. The van der Waals surface area contributed by atoms with Crippen LogP contribution in [0.4, 0.5) is 0 Å². The SMILES string of the molecule is CC[C@H](C)[C@H](NC(=O)[C@H](CC(C)C)NC(=O)CN)C(=O)NCC(=O)N[C@@H](C)C(=O)N[C@@H](CO)C(=O)NCC(=O)N[C@@H](C)C(=O)N[C@H](C(=O)N[C@@H](CCSC)C(=O)O)[C@@H](C)O. The Bertz CT molecular complexity index is 1500. The van der Waals surface area contributed by atoms with Gasteiger partial charge in [0.05, 0.1) is 32.3 Å². The highest BCUT2D eigenvalue weighted by Crippen LogP contribution is 2.11. The Kier molecular flexibility index (Phi) is 26.0. The van der Waals surface area contributed by atoms with E-state index in [2.05, 4.69) is 47.9 Å². The van der Waals surface area contributed by atoms with Crippen molar-refractivity contribution in [1.29, 1.82) is 0 Å². The number of hydrogen-bond acceptors (Lipinski definition) is 14. The van der Waals surface area contributed by atoms with Crippen LogP contribution in [-0.4, -0.2) is 161 Å². The van der Waals surface area contributed by atoms with Gasteiger partial charge in [-0.05, 0) is 57.5 Å². The van der Waals surface area contributed by atoms with Crippen molar-refractivity contribution in [2.24, 2.45) is 17.6 Å². The minimum atomic E-state index is -1.59. The number of carboxylic acids is 1. The summed E-state index contributed by atoms with van der Waals surface area (Å²) in [5, 5.41) is 50.3. The average molecular weight is 877 g/mol. The lowest BCUT2D eigenvalue weighted by atomic mass is 9.96. The summed E-state index contributed by atoms with van der Waals surface area (Å²) in [6.45, 7) is 8.29. The van der Waals surface area contributed by atoms with Gasteiger partial charge < -0.3 is 68.9 Å². The van der Waals surface area contributed by atoms with Crippen LogP contribution in [0.15, 0.2) is 0 Å². The molecule has 0 saturated heterocycles. The zero-order chi connectivity index (χ0) is 46.3. The number of aliphatic carboxylic acids is 1. The molecule has 9 amide bonds. The standard InChI is InChI=1S/C36H64N10O13S/c1-9-18(4)28(45-33(55)23(12-17(2)3)42-25(49)13-37)34(56)39-15-27(51)40-19(5)30(52)44-24(16-47)32(54)38-14-26(50)41-20(6)31(53)46-29(21(7)48)35(57)43-22(36(58)59)10-11-60-8/h17-24,28-29,47-48H,9-16,37H2,1-8H3,(H,38,54)(H,39,56)(H,40,51)(H,41,50)(H,42,49)(H,43,57)(H,44,52)(H,45,55)(H,46,53)(H,58,59)/t18-,19-,20-,21+,22-,23-,24-,28-,29-/m0/s1. The van der Waals surface area contributed by atoms with Gasteiger partial charge in [0.15, 0.2) is 0 Å². The maximum Gasteiger partial charge on any atom is 0.326 e. The molecule has 0 aromatic heterocycles. The van der Waals surface area contributed by atoms with Crippen LogP contribution in [-0.2, 0) is 47.9 Å². The summed E-state index contributed by atoms with van der Waals surface area (Å²) < 4.78 is 0. The van der Waals surface area contributed by atoms with Gasteiger partial charge in [0.1, 0.15) is 42.3 Å². The lowest BCUT2D eigenvalue weighted by Crippen LogP contribution is -2.59. The Morgan fingerprint density at radius 3 is 1.55 bits per heavy atom. The van der Waals surface area contributed by atoms with Crippen molar-refractivity contribution in [2.75, 3.05) is 38.2 Å². The van der Waals surface area contributed by atoms with E-state index in [0.717, 1.165) is 0 Å². The Morgan fingerprint density at radius 1 is 0.600 bits per heavy atom. The second-order valence-corrected chi connectivity index (χ2v) is 15.5. The lowest BCUT2D eigenvalue weighted by Gasteiger charge is -2.27. The summed E-state index contributed by atoms with van der Waals surface area (Å²) in [6.07, 6.45) is 1.13. The molecule has 0 aliphatic heterocycles. The zero-order valence-electron chi connectivity index (χ0n) is 35.3. The van der Waals surface area contributed by atoms with Crippen molar-refractivity contribution in [3.63, 3.8) is 0 Å². The van der Waals surface area contributed by atoms with Crippen LogP contribution < -0.4 is 53.6 Å². The number of carbonyl (C=O) groups is 10. The molecule has 0 saturated carbocycles. The topological polar surface area (TPSA) is 366 Å². The minimum absolute atomic E-state index is 0.0158. The molecule has 24 heteroatoms. The van der Waals surface area contributed by atoms with Gasteiger partial charge >= 0.3 is 5.97 Å². The third kappa shape index (κ3) is 20.8. The second-order valence-electron chi connectivity index (χ2n) is 14.5. The fourth-order valence-electron chi connectivity index (χ4n) is 5.12. The minimum Gasteiger partial charge on any atom is -0.480 e. The van der Waals surface area contributed by atoms with Gasteiger partial charge in [0.25, 0.3) is 0 Å². The molecule has 342 valence electrons. The summed E-state index contributed by atoms with van der Waals surface area (Å²) in [5.74, 6) is -8.66.